The van der Waals surface area contributed by atoms with Gasteiger partial charge in [0.25, 0.3) is 0 Å². The molecule has 0 bridgehead atoms. The van der Waals surface area contributed by atoms with Crippen molar-refractivity contribution in [3.63, 3.8) is 0 Å². The molecule has 5 nitrogen and oxygen atoms in total. The van der Waals surface area contributed by atoms with E-state index in [4.69, 9.17) is 20.8 Å². The van der Waals surface area contributed by atoms with Crippen LogP contribution in [0.2, 0.25) is 5.22 Å². The van der Waals surface area contributed by atoms with Crippen molar-refractivity contribution >= 4 is 11.6 Å². The Labute approximate surface area is 122 Å². The highest BCUT2D eigenvalue weighted by molar-refractivity contribution is 6.28. The number of hydrogen-bond acceptors (Lipinski definition) is 4. The number of furan rings is 1. The van der Waals surface area contributed by atoms with E-state index in [2.05, 4.69) is 10.4 Å². The van der Waals surface area contributed by atoms with Crippen LogP contribution >= 0.6 is 11.6 Å². The van der Waals surface area contributed by atoms with Crippen LogP contribution in [0.15, 0.2) is 28.9 Å². The van der Waals surface area contributed by atoms with Gasteiger partial charge in [0.05, 0.1) is 18.8 Å². The Kier molecular flexibility index (Phi) is 4.10. The first kappa shape index (κ1) is 13.7. The fourth-order valence-corrected chi connectivity index (χ4v) is 2.79. The first-order valence-electron chi connectivity index (χ1n) is 6.77. The van der Waals surface area contributed by atoms with Gasteiger partial charge in [0.1, 0.15) is 5.76 Å². The minimum atomic E-state index is 0.136. The van der Waals surface area contributed by atoms with E-state index in [0.29, 0.717) is 17.7 Å². The minimum absolute atomic E-state index is 0.136. The fourth-order valence-electron chi connectivity index (χ4n) is 2.63. The summed E-state index contributed by atoms with van der Waals surface area (Å²) in [7, 11) is 1.92. The summed E-state index contributed by atoms with van der Waals surface area (Å²) in [5.74, 6) is 1.32. The first-order valence-corrected chi connectivity index (χ1v) is 7.15. The number of nitrogens with zero attached hydrogens (tertiary/aromatic N) is 2. The number of aryl methyl sites for hydroxylation is 1. The average Bonchev–Trinajstić information content (AvgIpc) is 3.11. The van der Waals surface area contributed by atoms with Gasteiger partial charge in [-0.1, -0.05) is 0 Å². The first-order chi connectivity index (χ1) is 9.72. The summed E-state index contributed by atoms with van der Waals surface area (Å²) in [5, 5.41) is 8.05. The van der Waals surface area contributed by atoms with Crippen LogP contribution < -0.4 is 5.32 Å². The number of rotatable bonds is 5. The Morgan fingerprint density at radius 3 is 3.10 bits per heavy atom. The molecule has 0 amide bonds. The molecule has 1 fully saturated rings. The van der Waals surface area contributed by atoms with E-state index in [1.54, 1.807) is 6.07 Å². The topological polar surface area (TPSA) is 52.2 Å². The van der Waals surface area contributed by atoms with Gasteiger partial charge in [0.2, 0.25) is 0 Å². The van der Waals surface area contributed by atoms with Crippen LogP contribution in [-0.4, -0.2) is 22.9 Å². The number of hydrogen-bond donors (Lipinski definition) is 1. The molecular weight excluding hydrogens is 278 g/mol. The zero-order valence-electron chi connectivity index (χ0n) is 11.4. The molecule has 20 heavy (non-hydrogen) atoms. The Balaban J connectivity index is 1.54. The quantitative estimate of drug-likeness (QED) is 0.921. The lowest BCUT2D eigenvalue weighted by atomic mass is 9.97. The van der Waals surface area contributed by atoms with Crippen molar-refractivity contribution in [2.75, 3.05) is 13.2 Å². The molecule has 1 aliphatic rings. The van der Waals surface area contributed by atoms with Crippen LogP contribution in [0.25, 0.3) is 0 Å². The van der Waals surface area contributed by atoms with Gasteiger partial charge in [-0.05, 0) is 30.2 Å². The molecule has 108 valence electrons. The highest BCUT2D eigenvalue weighted by Crippen LogP contribution is 2.33. The van der Waals surface area contributed by atoms with Crippen molar-refractivity contribution in [3.05, 3.63) is 41.1 Å². The third kappa shape index (κ3) is 3.06. The fraction of sp³-hybridized carbons (Fsp3) is 0.500. The van der Waals surface area contributed by atoms with Crippen molar-refractivity contribution in [2.24, 2.45) is 13.0 Å². The minimum Gasteiger partial charge on any atom is -0.448 e. The predicted molar refractivity (Wildman–Crippen MR) is 75.4 cm³/mol. The lowest BCUT2D eigenvalue weighted by Gasteiger charge is -2.17. The molecular formula is C14H18ClN3O2. The van der Waals surface area contributed by atoms with Gasteiger partial charge in [-0.3, -0.25) is 4.68 Å². The molecule has 3 rings (SSSR count). The van der Waals surface area contributed by atoms with Crippen molar-refractivity contribution in [1.29, 1.82) is 0 Å². The number of ether oxygens (including phenoxy) is 1. The lowest BCUT2D eigenvalue weighted by Crippen LogP contribution is -2.24. The number of halogens is 1. The van der Waals surface area contributed by atoms with Gasteiger partial charge in [0, 0.05) is 37.9 Å². The van der Waals surface area contributed by atoms with E-state index in [1.165, 1.54) is 0 Å². The SMILES string of the molecule is Cn1cc([C@H]2OCC[C@@H]2CNCc2ccc(Cl)o2)cn1. The van der Waals surface area contributed by atoms with Gasteiger partial charge in [-0.2, -0.15) is 5.10 Å². The highest BCUT2D eigenvalue weighted by Gasteiger charge is 2.30. The molecule has 2 aromatic heterocycles. The Bertz CT molecular complexity index is 566. The van der Waals surface area contributed by atoms with Gasteiger partial charge in [-0.15, -0.1) is 0 Å². The Morgan fingerprint density at radius 2 is 2.40 bits per heavy atom. The van der Waals surface area contributed by atoms with Crippen LogP contribution in [0.3, 0.4) is 0 Å². The highest BCUT2D eigenvalue weighted by atomic mass is 35.5. The molecule has 1 aliphatic heterocycles. The Hall–Kier alpha value is -1.30. The maximum Gasteiger partial charge on any atom is 0.193 e. The zero-order chi connectivity index (χ0) is 13.9. The lowest BCUT2D eigenvalue weighted by molar-refractivity contribution is 0.0903. The second kappa shape index (κ2) is 5.99. The van der Waals surface area contributed by atoms with Crippen LogP contribution in [0.4, 0.5) is 0 Å². The van der Waals surface area contributed by atoms with Crippen LogP contribution in [0.1, 0.15) is 23.8 Å². The summed E-state index contributed by atoms with van der Waals surface area (Å²) in [4.78, 5) is 0. The molecule has 3 heterocycles. The smallest absolute Gasteiger partial charge is 0.193 e. The second-order valence-electron chi connectivity index (χ2n) is 5.12. The predicted octanol–water partition coefficient (Wildman–Crippen LogP) is 2.53. The van der Waals surface area contributed by atoms with E-state index in [1.807, 2.05) is 30.2 Å². The summed E-state index contributed by atoms with van der Waals surface area (Å²) in [6.45, 7) is 2.37. The molecule has 1 N–H and O–H groups in total. The van der Waals surface area contributed by atoms with Crippen LogP contribution in [0.5, 0.6) is 0 Å². The largest absolute Gasteiger partial charge is 0.448 e. The molecule has 6 heteroatoms. The summed E-state index contributed by atoms with van der Waals surface area (Å²) in [6, 6.07) is 3.65. The van der Waals surface area contributed by atoms with Gasteiger partial charge in [0.15, 0.2) is 5.22 Å². The van der Waals surface area contributed by atoms with E-state index >= 15 is 0 Å². The number of nitrogens with one attached hydrogen (secondary N) is 1. The molecule has 0 aliphatic carbocycles. The molecule has 1 saturated heterocycles. The van der Waals surface area contributed by atoms with E-state index in [0.717, 1.165) is 30.9 Å². The van der Waals surface area contributed by atoms with Gasteiger partial charge < -0.3 is 14.5 Å². The van der Waals surface area contributed by atoms with E-state index in [9.17, 15) is 0 Å². The van der Waals surface area contributed by atoms with Crippen molar-refractivity contribution < 1.29 is 9.15 Å². The molecule has 2 atom stereocenters. The van der Waals surface area contributed by atoms with Crippen molar-refractivity contribution in [2.45, 2.75) is 19.1 Å². The van der Waals surface area contributed by atoms with Gasteiger partial charge >= 0.3 is 0 Å². The van der Waals surface area contributed by atoms with Crippen LogP contribution in [-0.2, 0) is 18.3 Å². The molecule has 0 unspecified atom stereocenters. The maximum absolute atomic E-state index is 5.83. The summed E-state index contributed by atoms with van der Waals surface area (Å²) >= 11 is 5.75. The summed E-state index contributed by atoms with van der Waals surface area (Å²) in [6.07, 6.45) is 5.10. The van der Waals surface area contributed by atoms with E-state index < -0.39 is 0 Å². The third-order valence-electron chi connectivity index (χ3n) is 3.60. The molecule has 2 aromatic rings. The molecule has 0 radical (unpaired) electrons. The molecule has 0 aromatic carbocycles. The summed E-state index contributed by atoms with van der Waals surface area (Å²) < 4.78 is 13.0. The third-order valence-corrected chi connectivity index (χ3v) is 3.81. The monoisotopic (exact) mass is 295 g/mol. The van der Waals surface area contributed by atoms with Gasteiger partial charge in [-0.25, -0.2) is 0 Å². The standard InChI is InChI=1S/C14H18ClN3O2/c1-18-9-11(7-17-18)14-10(4-5-19-14)6-16-8-12-2-3-13(15)20-12/h2-3,7,9-10,14,16H,4-6,8H2,1H3/t10-,14+/m1/s1. The van der Waals surface area contributed by atoms with Crippen molar-refractivity contribution in [3.8, 4) is 0 Å². The zero-order valence-corrected chi connectivity index (χ0v) is 12.1. The maximum atomic E-state index is 5.83. The normalized spacial score (nSPS) is 22.5. The molecule has 0 spiro atoms. The Morgan fingerprint density at radius 1 is 1.50 bits per heavy atom. The number of aromatic nitrogens is 2. The molecule has 0 saturated carbocycles. The summed E-state index contributed by atoms with van der Waals surface area (Å²) in [5.41, 5.74) is 1.15. The van der Waals surface area contributed by atoms with E-state index in [-0.39, 0.29) is 6.10 Å². The van der Waals surface area contributed by atoms with Crippen molar-refractivity contribution in [1.82, 2.24) is 15.1 Å². The van der Waals surface area contributed by atoms with Crippen LogP contribution in [0, 0.1) is 5.92 Å². The average molecular weight is 296 g/mol. The second-order valence-corrected chi connectivity index (χ2v) is 5.50.